The minimum absolute atomic E-state index is 0.0920. The molecule has 2 unspecified atom stereocenters. The number of para-hydroxylation sites is 1. The largest absolute Gasteiger partial charge is 0.484 e. The van der Waals surface area contributed by atoms with E-state index in [1.165, 1.54) is 6.07 Å². The molecule has 0 spiro atoms. The van der Waals surface area contributed by atoms with E-state index >= 15 is 0 Å². The minimum atomic E-state index is -0.432. The molecule has 2 aliphatic heterocycles. The van der Waals surface area contributed by atoms with Crippen molar-refractivity contribution in [1.29, 1.82) is 0 Å². The fourth-order valence-electron chi connectivity index (χ4n) is 5.10. The van der Waals surface area contributed by atoms with Crippen LogP contribution in [0.2, 0.25) is 0 Å². The number of rotatable bonds is 5. The van der Waals surface area contributed by atoms with E-state index in [4.69, 9.17) is 4.74 Å². The molecule has 0 aliphatic carbocycles. The number of carbonyl (C=O) groups is 1. The number of likely N-dealkylation sites (tertiary alicyclic amines) is 1. The summed E-state index contributed by atoms with van der Waals surface area (Å²) in [5.41, 5.74) is 2.70. The van der Waals surface area contributed by atoms with Gasteiger partial charge in [0.05, 0.1) is 6.04 Å². The number of benzene rings is 2. The second-order valence-electron chi connectivity index (χ2n) is 9.11. The van der Waals surface area contributed by atoms with Crippen LogP contribution in [0.15, 0.2) is 73.1 Å². The molecular weight excluding hydrogens is 429 g/mol. The lowest BCUT2D eigenvalue weighted by Gasteiger charge is -2.36. The zero-order valence-corrected chi connectivity index (χ0v) is 19.3. The van der Waals surface area contributed by atoms with E-state index in [9.17, 15) is 9.18 Å². The number of nitrogens with zero attached hydrogens (tertiary/aromatic N) is 3. The molecule has 3 aromatic rings. The van der Waals surface area contributed by atoms with Crippen molar-refractivity contribution in [3.8, 4) is 5.75 Å². The molecule has 0 bridgehead atoms. The maximum absolute atomic E-state index is 14.6. The Morgan fingerprint density at radius 2 is 1.91 bits per heavy atom. The molecule has 2 aromatic carbocycles. The third-order valence-corrected chi connectivity index (χ3v) is 6.85. The van der Waals surface area contributed by atoms with Gasteiger partial charge >= 0.3 is 0 Å². The van der Waals surface area contributed by atoms with Crippen molar-refractivity contribution in [3.05, 3.63) is 95.6 Å². The third-order valence-electron chi connectivity index (χ3n) is 6.85. The number of fused-ring (bicyclic) bond motifs is 1. The molecule has 2 aliphatic rings. The topological polar surface area (TPSA) is 45.7 Å². The molecule has 3 heterocycles. The van der Waals surface area contributed by atoms with Gasteiger partial charge in [-0.3, -0.25) is 14.7 Å². The predicted octanol–water partition coefficient (Wildman–Crippen LogP) is 5.30. The standard InChI is InChI=1S/C28H30FN3O2/c29-24-11-3-2-10-23(24)27-20-31(19-22-8-1-4-13-26(22)34-27)17-14-28(33)32-16-6-5-12-25(32)21-9-7-15-30-18-21/h1-4,7-11,13,15,18,25,27H,5-6,12,14,16-17,19-20H2. The van der Waals surface area contributed by atoms with Gasteiger partial charge in [-0.25, -0.2) is 4.39 Å². The fourth-order valence-corrected chi connectivity index (χ4v) is 5.10. The van der Waals surface area contributed by atoms with E-state index < -0.39 is 6.10 Å². The molecule has 176 valence electrons. The van der Waals surface area contributed by atoms with E-state index in [-0.39, 0.29) is 17.8 Å². The first kappa shape index (κ1) is 22.5. The van der Waals surface area contributed by atoms with E-state index in [0.717, 1.165) is 42.7 Å². The van der Waals surface area contributed by atoms with Gasteiger partial charge in [-0.15, -0.1) is 0 Å². The van der Waals surface area contributed by atoms with Crippen LogP contribution in [0.4, 0.5) is 4.39 Å². The van der Waals surface area contributed by atoms with Crippen LogP contribution >= 0.6 is 0 Å². The predicted molar refractivity (Wildman–Crippen MR) is 129 cm³/mol. The number of pyridine rings is 1. The first-order chi connectivity index (χ1) is 16.7. The molecular formula is C28H30FN3O2. The summed E-state index contributed by atoms with van der Waals surface area (Å²) >= 11 is 0. The molecule has 0 radical (unpaired) electrons. The Morgan fingerprint density at radius 1 is 1.06 bits per heavy atom. The van der Waals surface area contributed by atoms with E-state index in [0.29, 0.717) is 31.6 Å². The van der Waals surface area contributed by atoms with Crippen LogP contribution in [0.25, 0.3) is 0 Å². The summed E-state index contributed by atoms with van der Waals surface area (Å²) in [4.78, 5) is 21.8. The van der Waals surface area contributed by atoms with Crippen LogP contribution in [0.1, 0.15) is 54.5 Å². The Morgan fingerprint density at radius 3 is 2.76 bits per heavy atom. The molecule has 6 heteroatoms. The van der Waals surface area contributed by atoms with Crippen molar-refractivity contribution < 1.29 is 13.9 Å². The Labute approximate surface area is 200 Å². The molecule has 5 nitrogen and oxygen atoms in total. The Balaban J connectivity index is 1.32. The first-order valence-corrected chi connectivity index (χ1v) is 12.1. The van der Waals surface area contributed by atoms with Crippen molar-refractivity contribution in [3.63, 3.8) is 0 Å². The van der Waals surface area contributed by atoms with Crippen LogP contribution in [-0.4, -0.2) is 40.3 Å². The van der Waals surface area contributed by atoms with Gasteiger partial charge in [0.25, 0.3) is 0 Å². The van der Waals surface area contributed by atoms with Gasteiger partial charge in [-0.1, -0.05) is 42.5 Å². The Hall–Kier alpha value is -3.25. The smallest absolute Gasteiger partial charge is 0.224 e. The summed E-state index contributed by atoms with van der Waals surface area (Å²) in [6.07, 6.45) is 6.75. The van der Waals surface area contributed by atoms with Crippen LogP contribution in [0, 0.1) is 5.82 Å². The fraction of sp³-hybridized carbons (Fsp3) is 0.357. The number of hydrogen-bond acceptors (Lipinski definition) is 4. The molecule has 34 heavy (non-hydrogen) atoms. The molecule has 0 saturated carbocycles. The van der Waals surface area contributed by atoms with Crippen LogP contribution < -0.4 is 4.74 Å². The van der Waals surface area contributed by atoms with Gasteiger partial charge in [-0.05, 0) is 43.0 Å². The second kappa shape index (κ2) is 10.3. The zero-order chi connectivity index (χ0) is 23.3. The summed E-state index contributed by atoms with van der Waals surface area (Å²) in [6, 6.07) is 18.8. The average Bonchev–Trinajstić information content (AvgIpc) is 3.07. The number of halogens is 1. The lowest BCUT2D eigenvalue weighted by Crippen LogP contribution is -2.40. The van der Waals surface area contributed by atoms with Gasteiger partial charge in [0.2, 0.25) is 5.91 Å². The normalized spacial score (nSPS) is 20.8. The lowest BCUT2D eigenvalue weighted by atomic mass is 9.96. The lowest BCUT2D eigenvalue weighted by molar-refractivity contribution is -0.135. The van der Waals surface area contributed by atoms with Crippen molar-refractivity contribution >= 4 is 5.91 Å². The van der Waals surface area contributed by atoms with Crippen LogP contribution in [-0.2, 0) is 11.3 Å². The summed E-state index contributed by atoms with van der Waals surface area (Å²) < 4.78 is 20.9. The van der Waals surface area contributed by atoms with Gasteiger partial charge < -0.3 is 9.64 Å². The zero-order valence-electron chi connectivity index (χ0n) is 19.3. The quantitative estimate of drug-likeness (QED) is 0.519. The van der Waals surface area contributed by atoms with Crippen molar-refractivity contribution in [1.82, 2.24) is 14.8 Å². The highest BCUT2D eigenvalue weighted by Gasteiger charge is 2.30. The summed E-state index contributed by atoms with van der Waals surface area (Å²) in [5.74, 6) is 0.669. The van der Waals surface area contributed by atoms with Gasteiger partial charge in [0, 0.05) is 56.1 Å². The highest BCUT2D eigenvalue weighted by molar-refractivity contribution is 5.77. The third kappa shape index (κ3) is 4.97. The molecule has 1 fully saturated rings. The molecule has 1 saturated heterocycles. The highest BCUT2D eigenvalue weighted by Crippen LogP contribution is 2.33. The maximum Gasteiger partial charge on any atom is 0.224 e. The van der Waals surface area contributed by atoms with E-state index in [2.05, 4.69) is 16.0 Å². The second-order valence-corrected chi connectivity index (χ2v) is 9.11. The molecule has 5 rings (SSSR count). The van der Waals surface area contributed by atoms with Crippen molar-refractivity contribution in [2.24, 2.45) is 0 Å². The summed E-state index contributed by atoms with van der Waals surface area (Å²) in [6.45, 7) is 2.56. The van der Waals surface area contributed by atoms with Crippen molar-refractivity contribution in [2.45, 2.75) is 44.4 Å². The number of aromatic nitrogens is 1. The van der Waals surface area contributed by atoms with Crippen LogP contribution in [0.3, 0.4) is 0 Å². The number of ether oxygens (including phenoxy) is 1. The van der Waals surface area contributed by atoms with Gasteiger partial charge in [0.15, 0.2) is 0 Å². The molecule has 2 atom stereocenters. The molecule has 1 aromatic heterocycles. The van der Waals surface area contributed by atoms with Crippen LogP contribution in [0.5, 0.6) is 5.75 Å². The Kier molecular flexibility index (Phi) is 6.86. The van der Waals surface area contributed by atoms with E-state index in [1.807, 2.05) is 47.5 Å². The highest BCUT2D eigenvalue weighted by atomic mass is 19.1. The minimum Gasteiger partial charge on any atom is -0.484 e. The van der Waals surface area contributed by atoms with Gasteiger partial charge in [-0.2, -0.15) is 0 Å². The Bertz CT molecular complexity index is 1120. The monoisotopic (exact) mass is 459 g/mol. The van der Waals surface area contributed by atoms with E-state index in [1.54, 1.807) is 18.3 Å². The molecule has 1 amide bonds. The SMILES string of the molecule is O=C(CCN1Cc2ccccc2OC(c2ccccc2F)C1)N1CCCCC1c1cccnc1. The first-order valence-electron chi connectivity index (χ1n) is 12.1. The number of carbonyl (C=O) groups excluding carboxylic acids is 1. The number of hydrogen-bond donors (Lipinski definition) is 0. The summed E-state index contributed by atoms with van der Waals surface area (Å²) in [7, 11) is 0. The maximum atomic E-state index is 14.6. The molecule has 0 N–H and O–H groups in total. The average molecular weight is 460 g/mol. The van der Waals surface area contributed by atoms with Gasteiger partial charge in [0.1, 0.15) is 17.7 Å². The number of piperidine rings is 1. The van der Waals surface area contributed by atoms with Crippen molar-refractivity contribution in [2.75, 3.05) is 19.6 Å². The number of amides is 1. The summed E-state index contributed by atoms with van der Waals surface area (Å²) in [5, 5.41) is 0.